The Labute approximate surface area is 226 Å². The van der Waals surface area contributed by atoms with Crippen LogP contribution in [-0.2, 0) is 33.9 Å². The van der Waals surface area contributed by atoms with Crippen LogP contribution in [0.5, 0.6) is 5.75 Å². The molecular formula is C29H32INO5. The molecule has 1 amide bonds. The van der Waals surface area contributed by atoms with Crippen molar-refractivity contribution in [2.75, 3.05) is 0 Å². The molecule has 0 saturated carbocycles. The Bertz CT molecular complexity index is 1160. The largest absolute Gasteiger partial charge is 0.488 e. The van der Waals surface area contributed by atoms with Gasteiger partial charge in [-0.2, -0.15) is 0 Å². The lowest BCUT2D eigenvalue weighted by atomic mass is 9.92. The summed E-state index contributed by atoms with van der Waals surface area (Å²) in [6.45, 7) is 7.53. The summed E-state index contributed by atoms with van der Waals surface area (Å²) in [5.41, 5.74) is 0.743. The van der Waals surface area contributed by atoms with Crippen molar-refractivity contribution in [3.05, 3.63) is 99.1 Å². The van der Waals surface area contributed by atoms with Gasteiger partial charge in [-0.05, 0) is 79.1 Å². The van der Waals surface area contributed by atoms with Gasteiger partial charge in [-0.15, -0.1) is 0 Å². The fourth-order valence-corrected chi connectivity index (χ4v) is 4.23. The quantitative estimate of drug-likeness (QED) is 0.226. The summed E-state index contributed by atoms with van der Waals surface area (Å²) in [5, 5.41) is 2.75. The van der Waals surface area contributed by atoms with Gasteiger partial charge >= 0.3 is 12.1 Å². The maximum Gasteiger partial charge on any atom is 0.408 e. The van der Waals surface area contributed by atoms with E-state index in [1.165, 1.54) is 0 Å². The van der Waals surface area contributed by atoms with E-state index in [0.29, 0.717) is 6.61 Å². The molecule has 0 fully saturated rings. The van der Waals surface area contributed by atoms with E-state index in [1.807, 2.05) is 78.9 Å². The molecule has 7 heteroatoms. The minimum atomic E-state index is -1.34. The van der Waals surface area contributed by atoms with Crippen LogP contribution in [0.4, 0.5) is 4.79 Å². The van der Waals surface area contributed by atoms with Gasteiger partial charge in [0, 0.05) is 6.42 Å². The number of carbonyl (C=O) groups is 2. The summed E-state index contributed by atoms with van der Waals surface area (Å²) >= 11 is 2.21. The van der Waals surface area contributed by atoms with Crippen molar-refractivity contribution in [3.63, 3.8) is 0 Å². The third-order valence-electron chi connectivity index (χ3n) is 5.23. The predicted octanol–water partition coefficient (Wildman–Crippen LogP) is 6.44. The average Bonchev–Trinajstić information content (AvgIpc) is 2.82. The highest BCUT2D eigenvalue weighted by molar-refractivity contribution is 14.1. The van der Waals surface area contributed by atoms with Gasteiger partial charge in [-0.3, -0.25) is 0 Å². The molecule has 3 aromatic carbocycles. The van der Waals surface area contributed by atoms with E-state index in [4.69, 9.17) is 14.2 Å². The maximum absolute atomic E-state index is 13.2. The Morgan fingerprint density at radius 3 is 1.94 bits per heavy atom. The molecule has 0 aliphatic rings. The number of hydrogen-bond donors (Lipinski definition) is 1. The molecule has 3 aromatic rings. The van der Waals surface area contributed by atoms with Gasteiger partial charge in [-0.25, -0.2) is 9.59 Å². The van der Waals surface area contributed by atoms with Crippen LogP contribution in [-0.4, -0.2) is 23.2 Å². The van der Waals surface area contributed by atoms with Crippen molar-refractivity contribution in [2.24, 2.45) is 0 Å². The summed E-state index contributed by atoms with van der Waals surface area (Å²) in [6, 6.07) is 25.1. The second-order valence-electron chi connectivity index (χ2n) is 9.74. The molecule has 1 atom stereocenters. The Balaban J connectivity index is 1.75. The first-order valence-electron chi connectivity index (χ1n) is 11.7. The first-order valence-corrected chi connectivity index (χ1v) is 12.8. The Kier molecular flexibility index (Phi) is 9.37. The number of amides is 1. The number of carbonyl (C=O) groups excluding carboxylic acids is 2. The normalized spacial score (nSPS) is 12.8. The van der Waals surface area contributed by atoms with E-state index < -0.39 is 23.2 Å². The van der Waals surface area contributed by atoms with Crippen LogP contribution in [0.2, 0.25) is 0 Å². The third-order valence-corrected chi connectivity index (χ3v) is 6.07. The minimum Gasteiger partial charge on any atom is -0.488 e. The molecule has 1 unspecified atom stereocenters. The van der Waals surface area contributed by atoms with E-state index in [2.05, 4.69) is 27.9 Å². The van der Waals surface area contributed by atoms with E-state index in [1.54, 1.807) is 27.7 Å². The van der Waals surface area contributed by atoms with Crippen LogP contribution in [0.25, 0.3) is 0 Å². The molecule has 0 heterocycles. The third kappa shape index (κ3) is 8.55. The zero-order chi connectivity index (χ0) is 26.2. The first-order chi connectivity index (χ1) is 17.0. The number of rotatable bonds is 9. The second-order valence-corrected chi connectivity index (χ2v) is 10.9. The van der Waals surface area contributed by atoms with Gasteiger partial charge in [0.1, 0.15) is 30.1 Å². The van der Waals surface area contributed by atoms with Crippen molar-refractivity contribution >= 4 is 34.7 Å². The fourth-order valence-electron chi connectivity index (χ4n) is 3.49. The van der Waals surface area contributed by atoms with Gasteiger partial charge in [-0.1, -0.05) is 66.7 Å². The summed E-state index contributed by atoms with van der Waals surface area (Å²) in [6.07, 6.45) is -0.464. The van der Waals surface area contributed by atoms with Gasteiger partial charge < -0.3 is 19.5 Å². The molecule has 0 aromatic heterocycles. The van der Waals surface area contributed by atoms with Crippen LogP contribution in [0.1, 0.15) is 44.4 Å². The molecule has 1 N–H and O–H groups in total. The Hall–Kier alpha value is -3.07. The van der Waals surface area contributed by atoms with Crippen molar-refractivity contribution in [1.29, 1.82) is 0 Å². The molecule has 3 rings (SSSR count). The molecule has 0 spiro atoms. The summed E-state index contributed by atoms with van der Waals surface area (Å²) < 4.78 is 17.9. The van der Waals surface area contributed by atoms with Crippen LogP contribution >= 0.6 is 22.6 Å². The Morgan fingerprint density at radius 2 is 1.39 bits per heavy atom. The van der Waals surface area contributed by atoms with Crippen LogP contribution in [0.15, 0.2) is 78.9 Å². The lowest BCUT2D eigenvalue weighted by molar-refractivity contribution is -0.152. The summed E-state index contributed by atoms with van der Waals surface area (Å²) in [4.78, 5) is 25.9. The molecule has 0 aliphatic heterocycles. The number of alkyl carbamates (subject to hydrolysis) is 1. The standard InChI is InChI=1S/C29H32INO5/c1-28(2,3)36-27(33)31-29(4,26(32)35-20-22-13-9-6-10-14-22)18-23-15-16-25(24(30)17-23)34-19-21-11-7-5-8-12-21/h5-17H,18-20H2,1-4H3,(H,31,33). The Morgan fingerprint density at radius 1 is 0.806 bits per heavy atom. The van der Waals surface area contributed by atoms with Gasteiger partial charge in [0.05, 0.1) is 3.57 Å². The van der Waals surface area contributed by atoms with E-state index in [0.717, 1.165) is 26.0 Å². The maximum atomic E-state index is 13.2. The van der Waals surface area contributed by atoms with Crippen molar-refractivity contribution in [3.8, 4) is 5.75 Å². The highest BCUT2D eigenvalue weighted by atomic mass is 127. The van der Waals surface area contributed by atoms with E-state index in [9.17, 15) is 9.59 Å². The molecule has 0 aliphatic carbocycles. The minimum absolute atomic E-state index is 0.106. The number of esters is 1. The first kappa shape index (κ1) is 27.5. The lowest BCUT2D eigenvalue weighted by Crippen LogP contribution is -2.55. The van der Waals surface area contributed by atoms with Crippen molar-refractivity contribution in [1.82, 2.24) is 5.32 Å². The fraction of sp³-hybridized carbons (Fsp3) is 0.310. The molecule has 6 nitrogen and oxygen atoms in total. The average molecular weight is 601 g/mol. The SMILES string of the molecule is CC(C)(C)OC(=O)NC(C)(Cc1ccc(OCc2ccccc2)c(I)c1)C(=O)OCc1ccccc1. The van der Waals surface area contributed by atoms with Crippen LogP contribution < -0.4 is 10.1 Å². The van der Waals surface area contributed by atoms with Crippen LogP contribution in [0.3, 0.4) is 0 Å². The topological polar surface area (TPSA) is 73.9 Å². The molecule has 36 heavy (non-hydrogen) atoms. The summed E-state index contributed by atoms with van der Waals surface area (Å²) in [5.74, 6) is 0.202. The van der Waals surface area contributed by atoms with Gasteiger partial charge in [0.15, 0.2) is 0 Å². The molecule has 190 valence electrons. The smallest absolute Gasteiger partial charge is 0.408 e. The zero-order valence-corrected chi connectivity index (χ0v) is 23.2. The van der Waals surface area contributed by atoms with E-state index in [-0.39, 0.29) is 13.0 Å². The number of nitrogens with one attached hydrogen (secondary N) is 1. The lowest BCUT2D eigenvalue weighted by Gasteiger charge is -2.30. The number of halogens is 1. The van der Waals surface area contributed by atoms with E-state index >= 15 is 0 Å². The molecule has 0 radical (unpaired) electrons. The summed E-state index contributed by atoms with van der Waals surface area (Å²) in [7, 11) is 0. The van der Waals surface area contributed by atoms with Crippen molar-refractivity contribution < 1.29 is 23.8 Å². The van der Waals surface area contributed by atoms with Gasteiger partial charge in [0.2, 0.25) is 0 Å². The number of benzene rings is 3. The molecule has 0 saturated heterocycles. The number of hydrogen-bond acceptors (Lipinski definition) is 5. The highest BCUT2D eigenvalue weighted by Gasteiger charge is 2.38. The molecule has 0 bridgehead atoms. The van der Waals surface area contributed by atoms with Gasteiger partial charge in [0.25, 0.3) is 0 Å². The van der Waals surface area contributed by atoms with Crippen molar-refractivity contribution in [2.45, 2.75) is 58.5 Å². The molecular weight excluding hydrogens is 569 g/mol. The van der Waals surface area contributed by atoms with Crippen LogP contribution in [0, 0.1) is 3.57 Å². The predicted molar refractivity (Wildman–Crippen MR) is 148 cm³/mol. The zero-order valence-electron chi connectivity index (χ0n) is 21.0. The number of ether oxygens (including phenoxy) is 3. The second kappa shape index (κ2) is 12.3. The highest BCUT2D eigenvalue weighted by Crippen LogP contribution is 2.26. The monoisotopic (exact) mass is 601 g/mol.